The van der Waals surface area contributed by atoms with Crippen LogP contribution in [0.1, 0.15) is 23.2 Å². The molecule has 0 radical (unpaired) electrons. The van der Waals surface area contributed by atoms with Crippen molar-refractivity contribution >= 4 is 28.7 Å². The molecule has 0 unspecified atom stereocenters. The standard InChI is InChI=1S/C28H26N6O5/c1-2-20(35)30-17-7-6-14-34(15-17)26-24-23(32-27(37)28(38)33-24)21(25(29)36)22(31-26)16-10-12-19(13-11-16)39-18-8-4-3-5-9-18/h2-5,8-13,17H,1,6-7,14-15H2,(H2,29,36)(H,30,35)(H,32,37)(H,33,38)/t17-/m0/s1. The number of nitrogens with zero attached hydrogens (tertiary/aromatic N) is 2. The van der Waals surface area contributed by atoms with E-state index in [0.717, 1.165) is 12.8 Å². The van der Waals surface area contributed by atoms with Gasteiger partial charge in [-0.1, -0.05) is 24.8 Å². The molecule has 198 valence electrons. The minimum Gasteiger partial charge on any atom is -0.457 e. The number of hydrogen-bond acceptors (Lipinski definition) is 7. The Morgan fingerprint density at radius 3 is 2.36 bits per heavy atom. The summed E-state index contributed by atoms with van der Waals surface area (Å²) in [4.78, 5) is 61.0. The zero-order chi connectivity index (χ0) is 27.5. The van der Waals surface area contributed by atoms with Crippen LogP contribution in [0.5, 0.6) is 11.5 Å². The molecule has 1 aliphatic heterocycles. The number of benzene rings is 2. The smallest absolute Gasteiger partial charge is 0.314 e. The summed E-state index contributed by atoms with van der Waals surface area (Å²) in [5.74, 6) is 0.469. The summed E-state index contributed by atoms with van der Waals surface area (Å²) in [6.07, 6.45) is 2.69. The van der Waals surface area contributed by atoms with E-state index in [1.807, 2.05) is 35.2 Å². The number of H-pyrrole nitrogens is 2. The number of para-hydroxylation sites is 1. The van der Waals surface area contributed by atoms with Gasteiger partial charge in [-0.25, -0.2) is 4.98 Å². The van der Waals surface area contributed by atoms with Gasteiger partial charge >= 0.3 is 11.1 Å². The van der Waals surface area contributed by atoms with E-state index in [4.69, 9.17) is 15.5 Å². The van der Waals surface area contributed by atoms with Crippen LogP contribution in [0.15, 0.2) is 76.8 Å². The normalized spacial score (nSPS) is 15.1. The highest BCUT2D eigenvalue weighted by Gasteiger charge is 2.28. The Labute approximate surface area is 222 Å². The molecule has 0 bridgehead atoms. The number of aromatic nitrogens is 3. The number of pyridine rings is 1. The van der Waals surface area contributed by atoms with Crippen molar-refractivity contribution in [3.05, 3.63) is 93.5 Å². The van der Waals surface area contributed by atoms with Crippen molar-refractivity contribution in [3.8, 4) is 22.8 Å². The van der Waals surface area contributed by atoms with Crippen molar-refractivity contribution in [2.24, 2.45) is 5.73 Å². The molecule has 2 aromatic carbocycles. The van der Waals surface area contributed by atoms with Crippen LogP contribution in [-0.2, 0) is 4.79 Å². The summed E-state index contributed by atoms with van der Waals surface area (Å²) in [6.45, 7) is 4.46. The molecule has 2 amide bonds. The number of carbonyl (C=O) groups is 2. The molecule has 1 atom stereocenters. The third-order valence-corrected chi connectivity index (χ3v) is 6.47. The molecule has 1 saturated heterocycles. The van der Waals surface area contributed by atoms with Gasteiger partial charge in [0, 0.05) is 24.7 Å². The zero-order valence-corrected chi connectivity index (χ0v) is 20.9. The molecular formula is C28H26N6O5. The van der Waals surface area contributed by atoms with Gasteiger partial charge in [-0.15, -0.1) is 0 Å². The second kappa shape index (κ2) is 10.7. The second-order valence-corrected chi connectivity index (χ2v) is 9.12. The molecule has 39 heavy (non-hydrogen) atoms. The molecule has 0 spiro atoms. The van der Waals surface area contributed by atoms with Crippen LogP contribution in [0.4, 0.5) is 5.82 Å². The monoisotopic (exact) mass is 526 g/mol. The highest BCUT2D eigenvalue weighted by atomic mass is 16.5. The van der Waals surface area contributed by atoms with Crippen molar-refractivity contribution in [2.45, 2.75) is 18.9 Å². The topological polar surface area (TPSA) is 163 Å². The second-order valence-electron chi connectivity index (χ2n) is 9.12. The maximum atomic E-state index is 12.7. The number of fused-ring (bicyclic) bond motifs is 1. The molecule has 5 N–H and O–H groups in total. The third-order valence-electron chi connectivity index (χ3n) is 6.47. The Morgan fingerprint density at radius 1 is 1.03 bits per heavy atom. The maximum Gasteiger partial charge on any atom is 0.314 e. The lowest BCUT2D eigenvalue weighted by molar-refractivity contribution is -0.117. The molecule has 1 fully saturated rings. The molecule has 0 saturated carbocycles. The minimum absolute atomic E-state index is 0.0349. The van der Waals surface area contributed by atoms with E-state index >= 15 is 0 Å². The molecule has 11 nitrogen and oxygen atoms in total. The van der Waals surface area contributed by atoms with Crippen LogP contribution in [0.25, 0.3) is 22.3 Å². The quantitative estimate of drug-likeness (QED) is 0.212. The molecule has 3 heterocycles. The Bertz CT molecular complexity index is 1680. The lowest BCUT2D eigenvalue weighted by Gasteiger charge is -2.34. The van der Waals surface area contributed by atoms with Gasteiger partial charge in [0.2, 0.25) is 5.91 Å². The van der Waals surface area contributed by atoms with Crippen LogP contribution in [0.2, 0.25) is 0 Å². The van der Waals surface area contributed by atoms with Gasteiger partial charge in [0.05, 0.1) is 16.8 Å². The first-order valence-corrected chi connectivity index (χ1v) is 12.4. The van der Waals surface area contributed by atoms with E-state index in [2.05, 4.69) is 21.9 Å². The van der Waals surface area contributed by atoms with Crippen molar-refractivity contribution in [2.75, 3.05) is 18.0 Å². The predicted octanol–water partition coefficient (Wildman–Crippen LogP) is 2.44. The Morgan fingerprint density at radius 2 is 1.69 bits per heavy atom. The SMILES string of the molecule is C=CC(=O)N[C@H]1CCCN(c2nc(-c3ccc(Oc4ccccc4)cc3)c(C(N)=O)c3[nH]c(=O)c(=O)[nH]c23)C1. The lowest BCUT2D eigenvalue weighted by atomic mass is 10.0. The summed E-state index contributed by atoms with van der Waals surface area (Å²) in [7, 11) is 0. The molecule has 1 aliphatic rings. The summed E-state index contributed by atoms with van der Waals surface area (Å²) < 4.78 is 5.87. The van der Waals surface area contributed by atoms with Gasteiger partial charge in [0.1, 0.15) is 17.0 Å². The van der Waals surface area contributed by atoms with Crippen LogP contribution in [0, 0.1) is 0 Å². The van der Waals surface area contributed by atoms with Crippen molar-refractivity contribution in [1.29, 1.82) is 0 Å². The number of rotatable bonds is 7. The van der Waals surface area contributed by atoms with Crippen LogP contribution in [-0.4, -0.2) is 45.9 Å². The number of hydrogen-bond donors (Lipinski definition) is 4. The largest absolute Gasteiger partial charge is 0.457 e. The van der Waals surface area contributed by atoms with Gasteiger partial charge < -0.3 is 30.7 Å². The van der Waals surface area contributed by atoms with Crippen LogP contribution >= 0.6 is 0 Å². The first-order chi connectivity index (χ1) is 18.8. The Balaban J connectivity index is 1.63. The number of aromatic amines is 2. The summed E-state index contributed by atoms with van der Waals surface area (Å²) in [5, 5.41) is 2.89. The molecule has 5 rings (SSSR count). The van der Waals surface area contributed by atoms with E-state index in [9.17, 15) is 19.2 Å². The van der Waals surface area contributed by atoms with Crippen molar-refractivity contribution in [3.63, 3.8) is 0 Å². The van der Waals surface area contributed by atoms with Gasteiger partial charge in [-0.3, -0.25) is 19.2 Å². The van der Waals surface area contributed by atoms with E-state index in [1.54, 1.807) is 24.3 Å². The number of carbonyl (C=O) groups excluding carboxylic acids is 2. The van der Waals surface area contributed by atoms with E-state index in [-0.39, 0.29) is 34.2 Å². The third kappa shape index (κ3) is 5.28. The number of amides is 2. The van der Waals surface area contributed by atoms with E-state index in [1.165, 1.54) is 6.08 Å². The highest BCUT2D eigenvalue weighted by Crippen LogP contribution is 2.34. The fourth-order valence-corrected chi connectivity index (χ4v) is 4.69. The molecule has 2 aromatic heterocycles. The minimum atomic E-state index is -0.922. The lowest BCUT2D eigenvalue weighted by Crippen LogP contribution is -2.48. The highest BCUT2D eigenvalue weighted by molar-refractivity contribution is 6.11. The van der Waals surface area contributed by atoms with Gasteiger partial charge in [-0.2, -0.15) is 0 Å². The number of nitrogens with two attached hydrogens (primary N) is 1. The fourth-order valence-electron chi connectivity index (χ4n) is 4.69. The molecule has 11 heteroatoms. The van der Waals surface area contributed by atoms with Gasteiger partial charge in [-0.05, 0) is 55.3 Å². The average molecular weight is 527 g/mol. The molecule has 0 aliphatic carbocycles. The fraction of sp³-hybridized carbons (Fsp3) is 0.179. The number of piperidine rings is 1. The zero-order valence-electron chi connectivity index (χ0n) is 20.9. The van der Waals surface area contributed by atoms with Crippen LogP contribution in [0.3, 0.4) is 0 Å². The van der Waals surface area contributed by atoms with Crippen molar-refractivity contribution < 1.29 is 14.3 Å². The number of anilines is 1. The van der Waals surface area contributed by atoms with Gasteiger partial charge in [0.25, 0.3) is 5.91 Å². The van der Waals surface area contributed by atoms with Crippen LogP contribution < -0.4 is 31.8 Å². The summed E-state index contributed by atoms with van der Waals surface area (Å²) in [5.41, 5.74) is 4.97. The predicted molar refractivity (Wildman–Crippen MR) is 147 cm³/mol. The Hall–Kier alpha value is -5.19. The first-order valence-electron chi connectivity index (χ1n) is 12.4. The number of ether oxygens (including phenoxy) is 1. The summed E-state index contributed by atoms with van der Waals surface area (Å²) >= 11 is 0. The average Bonchev–Trinajstić information content (AvgIpc) is 2.94. The Kier molecular flexibility index (Phi) is 6.96. The van der Waals surface area contributed by atoms with E-state index < -0.39 is 17.0 Å². The van der Waals surface area contributed by atoms with Gasteiger partial charge in [0.15, 0.2) is 5.82 Å². The number of primary amides is 1. The molecular weight excluding hydrogens is 500 g/mol. The van der Waals surface area contributed by atoms with Crippen molar-refractivity contribution in [1.82, 2.24) is 20.3 Å². The molecule has 4 aromatic rings. The summed E-state index contributed by atoms with van der Waals surface area (Å²) in [6, 6.07) is 16.0. The first kappa shape index (κ1) is 25.5. The van der Waals surface area contributed by atoms with E-state index in [0.29, 0.717) is 36.0 Å². The maximum absolute atomic E-state index is 12.7. The number of nitrogens with one attached hydrogen (secondary N) is 3.